The predicted molar refractivity (Wildman–Crippen MR) is 118 cm³/mol. The minimum absolute atomic E-state index is 0.562. The Hall–Kier alpha value is -3.73. The molecule has 5 heteroatoms. The summed E-state index contributed by atoms with van der Waals surface area (Å²) in [6.07, 6.45) is 1.79. The van der Waals surface area contributed by atoms with Crippen LogP contribution in [-0.4, -0.2) is 15.0 Å². The Balaban J connectivity index is 1.68. The van der Waals surface area contributed by atoms with Gasteiger partial charge in [0.05, 0.1) is 17.9 Å². The largest absolute Gasteiger partial charge is 0.364 e. The molecule has 0 unspecified atom stereocenters. The van der Waals surface area contributed by atoms with E-state index in [-0.39, 0.29) is 0 Å². The lowest BCUT2D eigenvalue weighted by Crippen LogP contribution is -2.07. The zero-order valence-corrected chi connectivity index (χ0v) is 16.6. The maximum Gasteiger partial charge on any atom is 0.229 e. The summed E-state index contributed by atoms with van der Waals surface area (Å²) < 4.78 is 0. The summed E-state index contributed by atoms with van der Waals surface area (Å²) >= 11 is 0. The molecule has 0 fully saturated rings. The smallest absolute Gasteiger partial charge is 0.229 e. The molecule has 2 aromatic heterocycles. The van der Waals surface area contributed by atoms with Gasteiger partial charge in [0.25, 0.3) is 0 Å². The first-order valence-electron chi connectivity index (χ1n) is 9.60. The van der Waals surface area contributed by atoms with Crippen LogP contribution in [-0.2, 0) is 6.54 Å². The molecule has 0 aliphatic heterocycles. The normalized spacial score (nSPS) is 10.6. The maximum absolute atomic E-state index is 4.76. The van der Waals surface area contributed by atoms with E-state index in [0.717, 1.165) is 39.6 Å². The first-order chi connectivity index (χ1) is 14.2. The van der Waals surface area contributed by atoms with Crippen LogP contribution >= 0.6 is 0 Å². The summed E-state index contributed by atoms with van der Waals surface area (Å²) in [4.78, 5) is 13.8. The van der Waals surface area contributed by atoms with Gasteiger partial charge in [0.1, 0.15) is 5.82 Å². The van der Waals surface area contributed by atoms with Gasteiger partial charge in [-0.2, -0.15) is 4.98 Å². The monoisotopic (exact) mass is 381 g/mol. The topological polar surface area (TPSA) is 62.7 Å². The number of anilines is 3. The van der Waals surface area contributed by atoms with Gasteiger partial charge in [0.15, 0.2) is 0 Å². The van der Waals surface area contributed by atoms with Crippen LogP contribution in [0.1, 0.15) is 16.8 Å². The fourth-order valence-corrected chi connectivity index (χ4v) is 3.16. The lowest BCUT2D eigenvalue weighted by molar-refractivity contribution is 1.02. The second-order valence-corrected chi connectivity index (χ2v) is 6.89. The molecule has 2 aromatic carbocycles. The summed E-state index contributed by atoms with van der Waals surface area (Å²) in [5, 5.41) is 6.78. The van der Waals surface area contributed by atoms with E-state index in [1.165, 1.54) is 0 Å². The van der Waals surface area contributed by atoms with Crippen LogP contribution in [0.5, 0.6) is 0 Å². The molecule has 144 valence electrons. The molecule has 0 aliphatic rings. The summed E-state index contributed by atoms with van der Waals surface area (Å²) in [6.45, 7) is 4.75. The molecule has 4 rings (SSSR count). The number of hydrogen-bond donors (Lipinski definition) is 2. The number of hydrogen-bond acceptors (Lipinski definition) is 5. The molecule has 5 nitrogen and oxygen atoms in total. The van der Waals surface area contributed by atoms with E-state index in [1.54, 1.807) is 6.20 Å². The van der Waals surface area contributed by atoms with Crippen molar-refractivity contribution in [3.8, 4) is 11.3 Å². The van der Waals surface area contributed by atoms with Crippen LogP contribution in [0.25, 0.3) is 11.3 Å². The molecular formula is C24H23N5. The Morgan fingerprint density at radius 1 is 0.793 bits per heavy atom. The fourth-order valence-electron chi connectivity index (χ4n) is 3.16. The number of para-hydroxylation sites is 1. The van der Waals surface area contributed by atoms with Gasteiger partial charge >= 0.3 is 0 Å². The fraction of sp³-hybridized carbons (Fsp3) is 0.125. The lowest BCUT2D eigenvalue weighted by Gasteiger charge is -2.14. The van der Waals surface area contributed by atoms with Crippen molar-refractivity contribution < 1.29 is 0 Å². The molecule has 2 N–H and O–H groups in total. The molecule has 0 aliphatic carbocycles. The predicted octanol–water partition coefficient (Wildman–Crippen LogP) is 5.51. The highest BCUT2D eigenvalue weighted by molar-refractivity contribution is 5.68. The van der Waals surface area contributed by atoms with Gasteiger partial charge in [0, 0.05) is 23.5 Å². The Kier molecular flexibility index (Phi) is 5.47. The number of nitrogens with zero attached hydrogens (tertiary/aromatic N) is 3. The van der Waals surface area contributed by atoms with E-state index in [0.29, 0.717) is 12.5 Å². The van der Waals surface area contributed by atoms with Gasteiger partial charge in [-0.3, -0.25) is 4.98 Å². The van der Waals surface area contributed by atoms with Crippen LogP contribution in [0.4, 0.5) is 17.5 Å². The first kappa shape index (κ1) is 18.6. The molecule has 0 spiro atoms. The number of benzene rings is 2. The Bertz CT molecular complexity index is 1070. The molecule has 29 heavy (non-hydrogen) atoms. The second kappa shape index (κ2) is 8.52. The van der Waals surface area contributed by atoms with E-state index < -0.39 is 0 Å². The molecule has 0 atom stereocenters. The van der Waals surface area contributed by atoms with Crippen molar-refractivity contribution in [2.75, 3.05) is 10.6 Å². The van der Waals surface area contributed by atoms with Crippen molar-refractivity contribution >= 4 is 17.5 Å². The van der Waals surface area contributed by atoms with Crippen molar-refractivity contribution in [2.24, 2.45) is 0 Å². The van der Waals surface area contributed by atoms with E-state index in [4.69, 9.17) is 9.97 Å². The molecule has 2 heterocycles. The molecular weight excluding hydrogens is 358 g/mol. The number of nitrogens with one attached hydrogen (secondary N) is 2. The van der Waals surface area contributed by atoms with Crippen LogP contribution in [0.2, 0.25) is 0 Å². The standard InChI is InChI=1S/C24H23N5/c1-17-9-8-10-18(2)23(17)29-24-27-21(19-11-4-3-5-12-19)15-22(28-24)26-16-20-13-6-7-14-25-20/h3-15H,16H2,1-2H3,(H2,26,27,28,29). The van der Waals surface area contributed by atoms with Crippen molar-refractivity contribution in [3.63, 3.8) is 0 Å². The summed E-state index contributed by atoms with van der Waals surface area (Å²) in [5.41, 5.74) is 6.20. The minimum atomic E-state index is 0.562. The van der Waals surface area contributed by atoms with Crippen molar-refractivity contribution in [3.05, 3.63) is 95.8 Å². The number of aromatic nitrogens is 3. The third-order valence-corrected chi connectivity index (χ3v) is 4.69. The van der Waals surface area contributed by atoms with E-state index in [9.17, 15) is 0 Å². The number of aryl methyl sites for hydroxylation is 2. The van der Waals surface area contributed by atoms with E-state index in [1.807, 2.05) is 54.6 Å². The van der Waals surface area contributed by atoms with Crippen molar-refractivity contribution in [1.82, 2.24) is 15.0 Å². The maximum atomic E-state index is 4.76. The van der Waals surface area contributed by atoms with Gasteiger partial charge < -0.3 is 10.6 Å². The average Bonchev–Trinajstić information content (AvgIpc) is 2.76. The zero-order valence-electron chi connectivity index (χ0n) is 16.6. The minimum Gasteiger partial charge on any atom is -0.364 e. The van der Waals surface area contributed by atoms with Crippen LogP contribution in [0, 0.1) is 13.8 Å². The second-order valence-electron chi connectivity index (χ2n) is 6.89. The Morgan fingerprint density at radius 3 is 2.28 bits per heavy atom. The van der Waals surface area contributed by atoms with Crippen LogP contribution in [0.15, 0.2) is 79.0 Å². The summed E-state index contributed by atoms with van der Waals surface area (Å²) in [7, 11) is 0. The molecule has 0 amide bonds. The molecule has 0 radical (unpaired) electrons. The van der Waals surface area contributed by atoms with Gasteiger partial charge in [-0.15, -0.1) is 0 Å². The SMILES string of the molecule is Cc1cccc(C)c1Nc1nc(NCc2ccccn2)cc(-c2ccccc2)n1. The van der Waals surface area contributed by atoms with E-state index in [2.05, 4.69) is 47.7 Å². The van der Waals surface area contributed by atoms with Gasteiger partial charge in [-0.1, -0.05) is 54.6 Å². The molecule has 0 saturated carbocycles. The third-order valence-electron chi connectivity index (χ3n) is 4.69. The van der Waals surface area contributed by atoms with Crippen molar-refractivity contribution in [2.45, 2.75) is 20.4 Å². The van der Waals surface area contributed by atoms with Gasteiger partial charge in [0.2, 0.25) is 5.95 Å². The van der Waals surface area contributed by atoms with Crippen LogP contribution in [0.3, 0.4) is 0 Å². The molecule has 0 saturated heterocycles. The number of rotatable bonds is 6. The lowest BCUT2D eigenvalue weighted by atomic mass is 10.1. The quantitative estimate of drug-likeness (QED) is 0.461. The van der Waals surface area contributed by atoms with Crippen molar-refractivity contribution in [1.29, 1.82) is 0 Å². The first-order valence-corrected chi connectivity index (χ1v) is 9.60. The Morgan fingerprint density at radius 2 is 1.55 bits per heavy atom. The summed E-state index contributed by atoms with van der Waals surface area (Å²) in [6, 6.07) is 24.2. The highest BCUT2D eigenvalue weighted by atomic mass is 15.1. The summed E-state index contributed by atoms with van der Waals surface area (Å²) in [5.74, 6) is 1.31. The van der Waals surface area contributed by atoms with E-state index >= 15 is 0 Å². The number of pyridine rings is 1. The highest BCUT2D eigenvalue weighted by Gasteiger charge is 2.10. The third kappa shape index (κ3) is 4.58. The molecule has 0 bridgehead atoms. The average molecular weight is 381 g/mol. The zero-order chi connectivity index (χ0) is 20.1. The highest BCUT2D eigenvalue weighted by Crippen LogP contribution is 2.26. The Labute approximate surface area is 170 Å². The molecule has 4 aromatic rings. The van der Waals surface area contributed by atoms with Crippen LogP contribution < -0.4 is 10.6 Å². The van der Waals surface area contributed by atoms with Gasteiger partial charge in [-0.05, 0) is 37.1 Å². The van der Waals surface area contributed by atoms with Gasteiger partial charge in [-0.25, -0.2) is 4.98 Å².